The fraction of sp³-hybridized carbons (Fsp3) is 0.556. The predicted octanol–water partition coefficient (Wildman–Crippen LogP) is 4.16. The first kappa shape index (κ1) is 19.1. The van der Waals surface area contributed by atoms with E-state index in [1.54, 1.807) is 12.1 Å². The van der Waals surface area contributed by atoms with Crippen LogP contribution in [0.3, 0.4) is 0 Å². The SMILES string of the molecule is CSc1ccc(Cl)c(C(=O)OCC(=O)N[C@H]2CCC[C@@H](C)[C@@H]2C)c1. The Kier molecular flexibility index (Phi) is 6.99. The Balaban J connectivity index is 1.88. The molecular weight excluding hydrogens is 346 g/mol. The van der Waals surface area contributed by atoms with Gasteiger partial charge in [-0.15, -0.1) is 11.8 Å². The molecule has 1 aliphatic carbocycles. The second-order valence-electron chi connectivity index (χ2n) is 6.36. The van der Waals surface area contributed by atoms with Crippen LogP contribution in [-0.4, -0.2) is 30.8 Å². The highest BCUT2D eigenvalue weighted by Gasteiger charge is 2.28. The van der Waals surface area contributed by atoms with Crippen molar-refractivity contribution >= 4 is 35.2 Å². The fourth-order valence-electron chi connectivity index (χ4n) is 3.03. The molecular formula is C18H24ClNO3S. The van der Waals surface area contributed by atoms with E-state index in [1.165, 1.54) is 18.2 Å². The number of halogens is 1. The van der Waals surface area contributed by atoms with E-state index < -0.39 is 5.97 Å². The van der Waals surface area contributed by atoms with Crippen molar-refractivity contribution in [3.05, 3.63) is 28.8 Å². The zero-order chi connectivity index (χ0) is 17.7. The third-order valence-electron chi connectivity index (χ3n) is 4.78. The molecule has 0 spiro atoms. The largest absolute Gasteiger partial charge is 0.452 e. The number of esters is 1. The summed E-state index contributed by atoms with van der Waals surface area (Å²) in [5.41, 5.74) is 0.288. The van der Waals surface area contributed by atoms with Gasteiger partial charge in [0, 0.05) is 10.9 Å². The van der Waals surface area contributed by atoms with E-state index in [9.17, 15) is 9.59 Å². The van der Waals surface area contributed by atoms with E-state index in [2.05, 4.69) is 19.2 Å². The minimum Gasteiger partial charge on any atom is -0.452 e. The third kappa shape index (κ3) is 4.90. The number of thioether (sulfide) groups is 1. The minimum atomic E-state index is -0.573. The molecule has 4 nitrogen and oxygen atoms in total. The van der Waals surface area contributed by atoms with Gasteiger partial charge >= 0.3 is 5.97 Å². The van der Waals surface area contributed by atoms with Crippen LogP contribution >= 0.6 is 23.4 Å². The quantitative estimate of drug-likeness (QED) is 0.625. The van der Waals surface area contributed by atoms with Gasteiger partial charge in [-0.3, -0.25) is 4.79 Å². The van der Waals surface area contributed by atoms with Crippen LogP contribution in [0.5, 0.6) is 0 Å². The van der Waals surface area contributed by atoms with Gasteiger partial charge in [0.1, 0.15) is 0 Å². The van der Waals surface area contributed by atoms with Crippen molar-refractivity contribution in [1.82, 2.24) is 5.32 Å². The Morgan fingerprint density at radius 2 is 2.08 bits per heavy atom. The number of nitrogens with one attached hydrogen (secondary N) is 1. The van der Waals surface area contributed by atoms with Crippen LogP contribution in [-0.2, 0) is 9.53 Å². The summed E-state index contributed by atoms with van der Waals surface area (Å²) >= 11 is 7.55. The molecule has 0 aromatic heterocycles. The first-order valence-electron chi connectivity index (χ1n) is 8.22. The van der Waals surface area contributed by atoms with Crippen LogP contribution in [0.2, 0.25) is 5.02 Å². The molecule has 24 heavy (non-hydrogen) atoms. The van der Waals surface area contributed by atoms with E-state index >= 15 is 0 Å². The Morgan fingerprint density at radius 3 is 2.79 bits per heavy atom. The number of hydrogen-bond acceptors (Lipinski definition) is 4. The number of amides is 1. The van der Waals surface area contributed by atoms with Gasteiger partial charge < -0.3 is 10.1 Å². The van der Waals surface area contributed by atoms with Crippen molar-refractivity contribution in [3.63, 3.8) is 0 Å². The van der Waals surface area contributed by atoms with Crippen molar-refractivity contribution in [2.75, 3.05) is 12.9 Å². The van der Waals surface area contributed by atoms with Gasteiger partial charge in [0.15, 0.2) is 6.61 Å². The molecule has 0 radical (unpaired) electrons. The van der Waals surface area contributed by atoms with Gasteiger partial charge in [-0.1, -0.05) is 38.3 Å². The van der Waals surface area contributed by atoms with Gasteiger partial charge in [-0.05, 0) is 42.7 Å². The minimum absolute atomic E-state index is 0.156. The van der Waals surface area contributed by atoms with Crippen LogP contribution in [0.4, 0.5) is 0 Å². The average Bonchev–Trinajstić information content (AvgIpc) is 2.57. The molecule has 1 aromatic rings. The van der Waals surface area contributed by atoms with E-state index in [0.29, 0.717) is 16.9 Å². The Hall–Kier alpha value is -1.20. The molecule has 0 saturated heterocycles. The molecule has 3 atom stereocenters. The van der Waals surface area contributed by atoms with Crippen LogP contribution in [0.15, 0.2) is 23.1 Å². The predicted molar refractivity (Wildman–Crippen MR) is 97.6 cm³/mol. The standard InChI is InChI=1S/C18H24ClNO3S/c1-11-5-4-6-16(12(11)2)20-17(21)10-23-18(22)14-9-13(24-3)7-8-15(14)19/h7-9,11-12,16H,4-6,10H2,1-3H3,(H,20,21)/t11-,12+,16+/m1/s1. The Morgan fingerprint density at radius 1 is 1.33 bits per heavy atom. The van der Waals surface area contributed by atoms with Gasteiger partial charge in [0.25, 0.3) is 5.91 Å². The first-order valence-corrected chi connectivity index (χ1v) is 9.82. The van der Waals surface area contributed by atoms with Crippen LogP contribution in [0, 0.1) is 11.8 Å². The molecule has 1 aliphatic rings. The molecule has 132 valence electrons. The topological polar surface area (TPSA) is 55.4 Å². The highest BCUT2D eigenvalue weighted by molar-refractivity contribution is 7.98. The molecule has 1 saturated carbocycles. The Bertz CT molecular complexity index is 608. The smallest absolute Gasteiger partial charge is 0.340 e. The van der Waals surface area contributed by atoms with E-state index in [0.717, 1.165) is 17.7 Å². The molecule has 1 fully saturated rings. The van der Waals surface area contributed by atoms with Crippen molar-refractivity contribution in [2.45, 2.75) is 44.0 Å². The van der Waals surface area contributed by atoms with E-state index in [1.807, 2.05) is 12.3 Å². The lowest BCUT2D eigenvalue weighted by Crippen LogP contribution is -2.45. The first-order chi connectivity index (χ1) is 11.4. The van der Waals surface area contributed by atoms with Crippen LogP contribution in [0.25, 0.3) is 0 Å². The summed E-state index contributed by atoms with van der Waals surface area (Å²) in [7, 11) is 0. The number of carbonyl (C=O) groups is 2. The molecule has 1 N–H and O–H groups in total. The lowest BCUT2D eigenvalue weighted by Gasteiger charge is -2.34. The summed E-state index contributed by atoms with van der Waals surface area (Å²) in [5, 5.41) is 3.32. The van der Waals surface area contributed by atoms with Crippen molar-refractivity contribution in [1.29, 1.82) is 0 Å². The number of ether oxygens (including phenoxy) is 1. The maximum absolute atomic E-state index is 12.2. The lowest BCUT2D eigenvalue weighted by molar-refractivity contribution is -0.125. The van der Waals surface area contributed by atoms with Crippen LogP contribution < -0.4 is 5.32 Å². The van der Waals surface area contributed by atoms with E-state index in [-0.39, 0.29) is 24.1 Å². The number of hydrogen-bond donors (Lipinski definition) is 1. The van der Waals surface area contributed by atoms with Crippen molar-refractivity contribution < 1.29 is 14.3 Å². The highest BCUT2D eigenvalue weighted by Crippen LogP contribution is 2.29. The van der Waals surface area contributed by atoms with Crippen LogP contribution in [0.1, 0.15) is 43.5 Å². The summed E-state index contributed by atoms with van der Waals surface area (Å²) in [5.74, 6) is 0.202. The van der Waals surface area contributed by atoms with E-state index in [4.69, 9.17) is 16.3 Å². The summed E-state index contributed by atoms with van der Waals surface area (Å²) in [6.07, 6.45) is 5.21. The Labute approximate surface area is 152 Å². The molecule has 1 aromatic carbocycles. The number of benzene rings is 1. The molecule has 0 heterocycles. The number of carbonyl (C=O) groups excluding carboxylic acids is 2. The molecule has 0 bridgehead atoms. The third-order valence-corrected chi connectivity index (χ3v) is 5.84. The average molecular weight is 370 g/mol. The lowest BCUT2D eigenvalue weighted by atomic mass is 9.78. The summed E-state index contributed by atoms with van der Waals surface area (Å²) in [6, 6.07) is 5.33. The van der Waals surface area contributed by atoms with Gasteiger partial charge in [0.2, 0.25) is 0 Å². The summed E-state index contributed by atoms with van der Waals surface area (Å²) in [4.78, 5) is 25.2. The fourth-order valence-corrected chi connectivity index (χ4v) is 3.67. The summed E-state index contributed by atoms with van der Waals surface area (Å²) in [6.45, 7) is 4.09. The molecule has 0 aliphatic heterocycles. The molecule has 1 amide bonds. The maximum atomic E-state index is 12.2. The summed E-state index contributed by atoms with van der Waals surface area (Å²) < 4.78 is 5.13. The maximum Gasteiger partial charge on any atom is 0.340 e. The van der Waals surface area contributed by atoms with Crippen molar-refractivity contribution in [2.24, 2.45) is 11.8 Å². The molecule has 2 rings (SSSR count). The second kappa shape index (κ2) is 8.77. The zero-order valence-electron chi connectivity index (χ0n) is 14.3. The van der Waals surface area contributed by atoms with Gasteiger partial charge in [-0.2, -0.15) is 0 Å². The second-order valence-corrected chi connectivity index (χ2v) is 7.65. The normalized spacial score (nSPS) is 23.6. The van der Waals surface area contributed by atoms with Gasteiger partial charge in [0.05, 0.1) is 10.6 Å². The zero-order valence-corrected chi connectivity index (χ0v) is 15.9. The monoisotopic (exact) mass is 369 g/mol. The molecule has 6 heteroatoms. The highest BCUT2D eigenvalue weighted by atomic mass is 35.5. The van der Waals surface area contributed by atoms with Gasteiger partial charge in [-0.25, -0.2) is 4.79 Å². The van der Waals surface area contributed by atoms with Crippen molar-refractivity contribution in [3.8, 4) is 0 Å². The molecule has 0 unspecified atom stereocenters. The number of rotatable bonds is 5.